The Balaban J connectivity index is 2.15. The number of benzene rings is 1. The first kappa shape index (κ1) is 7.60. The second-order valence-corrected chi connectivity index (χ2v) is 2.39. The van der Waals surface area contributed by atoms with Gasteiger partial charge in [0, 0.05) is 0 Å². The Kier molecular flexibility index (Phi) is 2.09. The number of nitrogens with zero attached hydrogens (tertiary/aromatic N) is 5. The molecule has 0 saturated heterocycles. The lowest BCUT2D eigenvalue weighted by Crippen LogP contribution is -1.90. The van der Waals surface area contributed by atoms with Crippen LogP contribution in [0.5, 0.6) is 0 Å². The summed E-state index contributed by atoms with van der Waals surface area (Å²) in [6.45, 7) is 0. The lowest BCUT2D eigenvalue weighted by Gasteiger charge is -1.89. The molecule has 0 spiro atoms. The van der Waals surface area contributed by atoms with E-state index in [2.05, 4.69) is 20.6 Å². The number of hydrogen-bond acceptors (Lipinski definition) is 4. The Morgan fingerprint density at radius 1 is 1.23 bits per heavy atom. The quantitative estimate of drug-likeness (QED) is 0.623. The van der Waals surface area contributed by atoms with E-state index >= 15 is 0 Å². The smallest absolute Gasteiger partial charge is 0.155 e. The first-order valence-corrected chi connectivity index (χ1v) is 3.77. The van der Waals surface area contributed by atoms with Crippen molar-refractivity contribution in [3.05, 3.63) is 42.2 Å². The zero-order chi connectivity index (χ0) is 8.93. The van der Waals surface area contributed by atoms with Gasteiger partial charge in [-0.15, -0.1) is 9.89 Å². The minimum atomic E-state index is 1.01. The monoisotopic (exact) mass is 173 g/mol. The van der Waals surface area contributed by atoms with Crippen molar-refractivity contribution >= 4 is 6.21 Å². The van der Waals surface area contributed by atoms with Crippen molar-refractivity contribution in [3.8, 4) is 0 Å². The van der Waals surface area contributed by atoms with Crippen molar-refractivity contribution in [3.63, 3.8) is 0 Å². The van der Waals surface area contributed by atoms with Gasteiger partial charge in [-0.05, 0) is 16.0 Å². The molecule has 0 atom stereocenters. The van der Waals surface area contributed by atoms with E-state index in [0.29, 0.717) is 0 Å². The third-order valence-electron chi connectivity index (χ3n) is 1.46. The van der Waals surface area contributed by atoms with Crippen LogP contribution in [0.25, 0.3) is 0 Å². The molecular formula is C8H7N5. The lowest BCUT2D eigenvalue weighted by molar-refractivity contribution is 0.693. The molecule has 0 aliphatic carbocycles. The summed E-state index contributed by atoms with van der Waals surface area (Å²) in [5.74, 6) is 0. The van der Waals surface area contributed by atoms with Gasteiger partial charge in [-0.2, -0.15) is 5.10 Å². The Labute approximate surface area is 74.7 Å². The van der Waals surface area contributed by atoms with Gasteiger partial charge in [0.15, 0.2) is 6.33 Å². The molecule has 0 bridgehead atoms. The standard InChI is InChI=1S/C8H7N5/c1-2-4-8(5-3-1)6-10-13-7-9-11-12-13/h1-7H. The first-order valence-electron chi connectivity index (χ1n) is 3.77. The van der Waals surface area contributed by atoms with Crippen LogP contribution < -0.4 is 0 Å². The van der Waals surface area contributed by atoms with Gasteiger partial charge >= 0.3 is 0 Å². The van der Waals surface area contributed by atoms with Crippen molar-refractivity contribution in [2.45, 2.75) is 0 Å². The van der Waals surface area contributed by atoms with Crippen LogP contribution in [0, 0.1) is 0 Å². The molecule has 0 saturated carbocycles. The van der Waals surface area contributed by atoms with Gasteiger partial charge in [-0.25, -0.2) is 0 Å². The van der Waals surface area contributed by atoms with Crippen LogP contribution in [-0.4, -0.2) is 26.5 Å². The Morgan fingerprint density at radius 2 is 2.08 bits per heavy atom. The van der Waals surface area contributed by atoms with E-state index in [1.807, 2.05) is 30.3 Å². The van der Waals surface area contributed by atoms with Crippen LogP contribution in [-0.2, 0) is 0 Å². The lowest BCUT2D eigenvalue weighted by atomic mass is 10.2. The van der Waals surface area contributed by atoms with Gasteiger partial charge in [0.1, 0.15) is 0 Å². The molecule has 2 rings (SSSR count). The number of hydrogen-bond donors (Lipinski definition) is 0. The third-order valence-corrected chi connectivity index (χ3v) is 1.46. The molecule has 0 aliphatic rings. The first-order chi connectivity index (χ1) is 6.45. The summed E-state index contributed by atoms with van der Waals surface area (Å²) >= 11 is 0. The number of aromatic nitrogens is 4. The van der Waals surface area contributed by atoms with Gasteiger partial charge in [-0.1, -0.05) is 30.3 Å². The van der Waals surface area contributed by atoms with Crippen molar-refractivity contribution in [1.82, 2.24) is 20.3 Å². The van der Waals surface area contributed by atoms with E-state index in [-0.39, 0.29) is 0 Å². The van der Waals surface area contributed by atoms with Crippen molar-refractivity contribution < 1.29 is 0 Å². The van der Waals surface area contributed by atoms with Gasteiger partial charge in [0.05, 0.1) is 6.21 Å². The van der Waals surface area contributed by atoms with Crippen molar-refractivity contribution in [2.75, 3.05) is 0 Å². The molecule has 0 aliphatic heterocycles. The molecule has 0 amide bonds. The highest BCUT2D eigenvalue weighted by Crippen LogP contribution is 1.93. The minimum Gasteiger partial charge on any atom is -0.155 e. The number of tetrazole rings is 1. The maximum atomic E-state index is 3.99. The van der Waals surface area contributed by atoms with E-state index in [1.54, 1.807) is 6.21 Å². The maximum absolute atomic E-state index is 3.99. The van der Waals surface area contributed by atoms with E-state index in [4.69, 9.17) is 0 Å². The molecule has 0 radical (unpaired) electrons. The second-order valence-electron chi connectivity index (χ2n) is 2.39. The topological polar surface area (TPSA) is 56.0 Å². The van der Waals surface area contributed by atoms with Crippen LogP contribution >= 0.6 is 0 Å². The summed E-state index contributed by atoms with van der Waals surface area (Å²) in [6.07, 6.45) is 3.12. The highest BCUT2D eigenvalue weighted by Gasteiger charge is 1.86. The fraction of sp³-hybridized carbons (Fsp3) is 0. The zero-order valence-corrected chi connectivity index (χ0v) is 6.78. The molecule has 0 fully saturated rings. The van der Waals surface area contributed by atoms with Gasteiger partial charge in [0.25, 0.3) is 0 Å². The van der Waals surface area contributed by atoms with Crippen LogP contribution in [0.15, 0.2) is 41.8 Å². The van der Waals surface area contributed by atoms with Gasteiger partial charge in [-0.3, -0.25) is 0 Å². The average Bonchev–Trinajstić information content (AvgIpc) is 2.69. The molecule has 1 aromatic carbocycles. The predicted molar refractivity (Wildman–Crippen MR) is 47.3 cm³/mol. The van der Waals surface area contributed by atoms with Crippen LogP contribution in [0.4, 0.5) is 0 Å². The predicted octanol–water partition coefficient (Wildman–Crippen LogP) is 0.555. The molecule has 1 aromatic heterocycles. The SMILES string of the molecule is C(=Nn1cnnn1)c1ccccc1. The molecule has 2 aromatic rings. The van der Waals surface area contributed by atoms with Gasteiger partial charge in [0.2, 0.25) is 0 Å². The highest BCUT2D eigenvalue weighted by molar-refractivity contribution is 5.79. The summed E-state index contributed by atoms with van der Waals surface area (Å²) in [6, 6.07) is 9.75. The van der Waals surface area contributed by atoms with Crippen molar-refractivity contribution in [1.29, 1.82) is 0 Å². The van der Waals surface area contributed by atoms with Crippen LogP contribution in [0.2, 0.25) is 0 Å². The molecule has 13 heavy (non-hydrogen) atoms. The van der Waals surface area contributed by atoms with E-state index in [9.17, 15) is 0 Å². The Bertz CT molecular complexity index is 378. The number of rotatable bonds is 2. The Hall–Kier alpha value is -2.04. The summed E-state index contributed by atoms with van der Waals surface area (Å²) < 4.78 is 0. The van der Waals surface area contributed by atoms with E-state index < -0.39 is 0 Å². The molecular weight excluding hydrogens is 166 g/mol. The minimum absolute atomic E-state index is 1.01. The van der Waals surface area contributed by atoms with E-state index in [0.717, 1.165) is 5.56 Å². The molecule has 5 nitrogen and oxygen atoms in total. The van der Waals surface area contributed by atoms with Crippen molar-refractivity contribution in [2.24, 2.45) is 5.10 Å². The summed E-state index contributed by atoms with van der Waals surface area (Å²) in [5, 5.41) is 14.5. The third kappa shape index (κ3) is 1.96. The molecule has 1 heterocycles. The molecule has 5 heteroatoms. The summed E-state index contributed by atoms with van der Waals surface area (Å²) in [7, 11) is 0. The molecule has 0 N–H and O–H groups in total. The van der Waals surface area contributed by atoms with Gasteiger partial charge < -0.3 is 0 Å². The average molecular weight is 173 g/mol. The molecule has 0 unspecified atom stereocenters. The molecule has 64 valence electrons. The summed E-state index contributed by atoms with van der Waals surface area (Å²) in [5.41, 5.74) is 1.01. The fourth-order valence-electron chi connectivity index (χ4n) is 0.874. The van der Waals surface area contributed by atoms with E-state index in [1.165, 1.54) is 11.1 Å². The second kappa shape index (κ2) is 3.57. The van der Waals surface area contributed by atoms with Crippen LogP contribution in [0.3, 0.4) is 0 Å². The fourth-order valence-corrected chi connectivity index (χ4v) is 0.874. The maximum Gasteiger partial charge on any atom is 0.164 e. The van der Waals surface area contributed by atoms with Crippen LogP contribution in [0.1, 0.15) is 5.56 Å². The largest absolute Gasteiger partial charge is 0.164 e. The highest BCUT2D eigenvalue weighted by atomic mass is 15.6. The zero-order valence-electron chi connectivity index (χ0n) is 6.78. The normalized spacial score (nSPS) is 10.8. The summed E-state index contributed by atoms with van der Waals surface area (Å²) in [4.78, 5) is 1.30. The Morgan fingerprint density at radius 3 is 2.77 bits per heavy atom.